The number of hydrogen-bond donors (Lipinski definition) is 1. The largest absolute Gasteiger partial charge is 0.382 e. The summed E-state index contributed by atoms with van der Waals surface area (Å²) < 4.78 is 38.4. The molecule has 1 aromatic carbocycles. The lowest BCUT2D eigenvalue weighted by molar-refractivity contribution is 0.0419. The van der Waals surface area contributed by atoms with E-state index in [9.17, 15) is 8.42 Å². The second-order valence-corrected chi connectivity index (χ2v) is 6.78. The molecule has 0 aliphatic rings. The van der Waals surface area contributed by atoms with Crippen molar-refractivity contribution < 1.29 is 17.9 Å². The third-order valence-corrected chi connectivity index (χ3v) is 4.58. The Hall–Kier alpha value is -1.81. The van der Waals surface area contributed by atoms with E-state index in [0.717, 1.165) is 11.3 Å². The van der Waals surface area contributed by atoms with Crippen LogP contribution in [0.5, 0.6) is 0 Å². The molecule has 1 heterocycles. The first kappa shape index (κ1) is 17.5. The van der Waals surface area contributed by atoms with Crippen LogP contribution in [0.25, 0.3) is 5.69 Å². The first-order valence-electron chi connectivity index (χ1n) is 6.99. The van der Waals surface area contributed by atoms with Crippen molar-refractivity contribution in [3.05, 3.63) is 42.2 Å². The van der Waals surface area contributed by atoms with Gasteiger partial charge in [-0.3, -0.25) is 0 Å². The van der Waals surface area contributed by atoms with E-state index in [4.69, 9.17) is 9.47 Å². The zero-order valence-electron chi connectivity index (χ0n) is 13.0. The second kappa shape index (κ2) is 8.16. The molecule has 8 nitrogen and oxygen atoms in total. The lowest BCUT2D eigenvalue weighted by atomic mass is 10.2. The van der Waals surface area contributed by atoms with Crippen molar-refractivity contribution in [1.29, 1.82) is 0 Å². The molecule has 23 heavy (non-hydrogen) atoms. The van der Waals surface area contributed by atoms with E-state index < -0.39 is 16.1 Å². The van der Waals surface area contributed by atoms with Crippen molar-refractivity contribution in [2.45, 2.75) is 12.6 Å². The fourth-order valence-electron chi connectivity index (χ4n) is 2.02. The van der Waals surface area contributed by atoms with Gasteiger partial charge >= 0.3 is 0 Å². The SMILES string of the molecule is COC[C@H](CS(=O)(=O)NCc1cccc(-n2ccnn2)c1)OC. The Bertz CT molecular complexity index is 703. The fourth-order valence-corrected chi connectivity index (χ4v) is 3.25. The van der Waals surface area contributed by atoms with Crippen molar-refractivity contribution in [2.24, 2.45) is 0 Å². The van der Waals surface area contributed by atoms with Gasteiger partial charge in [0, 0.05) is 20.8 Å². The summed E-state index contributed by atoms with van der Waals surface area (Å²) in [6.45, 7) is 0.410. The van der Waals surface area contributed by atoms with Crippen molar-refractivity contribution in [3.63, 3.8) is 0 Å². The molecule has 2 rings (SSSR count). The van der Waals surface area contributed by atoms with Gasteiger partial charge < -0.3 is 9.47 Å². The lowest BCUT2D eigenvalue weighted by Gasteiger charge is -2.15. The summed E-state index contributed by atoms with van der Waals surface area (Å²) in [6, 6.07) is 7.39. The first-order valence-corrected chi connectivity index (χ1v) is 8.64. The summed E-state index contributed by atoms with van der Waals surface area (Å²) in [4.78, 5) is 0. The van der Waals surface area contributed by atoms with Crippen LogP contribution >= 0.6 is 0 Å². The third-order valence-electron chi connectivity index (χ3n) is 3.19. The number of methoxy groups -OCH3 is 2. The maximum atomic E-state index is 12.1. The monoisotopic (exact) mass is 340 g/mol. The van der Waals surface area contributed by atoms with Gasteiger partial charge in [-0.2, -0.15) is 0 Å². The smallest absolute Gasteiger partial charge is 0.214 e. The van der Waals surface area contributed by atoms with E-state index in [1.165, 1.54) is 14.2 Å². The van der Waals surface area contributed by atoms with Gasteiger partial charge in [0.1, 0.15) is 0 Å². The van der Waals surface area contributed by atoms with Gasteiger partial charge in [-0.1, -0.05) is 17.3 Å². The molecule has 1 atom stereocenters. The van der Waals surface area contributed by atoms with Crippen molar-refractivity contribution in [2.75, 3.05) is 26.6 Å². The molecule has 0 saturated carbocycles. The number of hydrogen-bond acceptors (Lipinski definition) is 6. The molecule has 0 aliphatic heterocycles. The number of aromatic nitrogens is 3. The average molecular weight is 340 g/mol. The van der Waals surface area contributed by atoms with E-state index in [1.807, 2.05) is 24.3 Å². The van der Waals surface area contributed by atoms with Crippen LogP contribution in [-0.2, 0) is 26.0 Å². The van der Waals surface area contributed by atoms with E-state index in [2.05, 4.69) is 15.0 Å². The Labute approximate surface area is 135 Å². The van der Waals surface area contributed by atoms with Gasteiger partial charge in [-0.05, 0) is 17.7 Å². The van der Waals surface area contributed by atoms with Crippen LogP contribution in [0.1, 0.15) is 5.56 Å². The third kappa shape index (κ3) is 5.39. The molecular weight excluding hydrogens is 320 g/mol. The fraction of sp³-hybridized carbons (Fsp3) is 0.429. The average Bonchev–Trinajstić information content (AvgIpc) is 3.07. The minimum absolute atomic E-state index is 0.153. The Kier molecular flexibility index (Phi) is 6.22. The van der Waals surface area contributed by atoms with Crippen LogP contribution in [0.4, 0.5) is 0 Å². The van der Waals surface area contributed by atoms with Crippen LogP contribution < -0.4 is 4.72 Å². The van der Waals surface area contributed by atoms with Crippen LogP contribution in [0.3, 0.4) is 0 Å². The predicted molar refractivity (Wildman–Crippen MR) is 84.7 cm³/mol. The summed E-state index contributed by atoms with van der Waals surface area (Å²) in [5, 5.41) is 7.65. The molecule has 0 bridgehead atoms. The molecule has 0 aliphatic carbocycles. The highest BCUT2D eigenvalue weighted by Gasteiger charge is 2.18. The zero-order chi connectivity index (χ0) is 16.7. The highest BCUT2D eigenvalue weighted by Crippen LogP contribution is 2.09. The van der Waals surface area contributed by atoms with Gasteiger partial charge in [0.15, 0.2) is 0 Å². The summed E-state index contributed by atoms with van der Waals surface area (Å²) >= 11 is 0. The summed E-state index contributed by atoms with van der Waals surface area (Å²) in [5.74, 6) is -0.153. The number of nitrogens with one attached hydrogen (secondary N) is 1. The number of benzene rings is 1. The standard InChI is InChI=1S/C14H20N4O4S/c1-21-10-14(22-2)11-23(19,20)16-9-12-4-3-5-13(8-12)18-7-6-15-17-18/h3-8,14,16H,9-11H2,1-2H3/t14-/m1/s1. The number of ether oxygens (including phenoxy) is 2. The van der Waals surface area contributed by atoms with Crippen LogP contribution in [0.15, 0.2) is 36.7 Å². The topological polar surface area (TPSA) is 95.3 Å². The van der Waals surface area contributed by atoms with Gasteiger partial charge in [0.2, 0.25) is 10.0 Å². The lowest BCUT2D eigenvalue weighted by Crippen LogP contribution is -2.34. The van der Waals surface area contributed by atoms with E-state index in [0.29, 0.717) is 0 Å². The quantitative estimate of drug-likeness (QED) is 0.708. The Balaban J connectivity index is 1.98. The van der Waals surface area contributed by atoms with Gasteiger partial charge in [0.05, 0.1) is 36.5 Å². The summed E-state index contributed by atoms with van der Waals surface area (Å²) in [5.41, 5.74) is 1.63. The van der Waals surface area contributed by atoms with Crippen LogP contribution in [0.2, 0.25) is 0 Å². The molecule has 0 unspecified atom stereocenters. The minimum Gasteiger partial charge on any atom is -0.382 e. The molecule has 1 N–H and O–H groups in total. The Morgan fingerprint density at radius 2 is 2.17 bits per heavy atom. The molecule has 0 fully saturated rings. The van der Waals surface area contributed by atoms with Crippen molar-refractivity contribution in [3.8, 4) is 5.69 Å². The molecular formula is C14H20N4O4S. The van der Waals surface area contributed by atoms with E-state index in [-0.39, 0.29) is 18.9 Å². The molecule has 126 valence electrons. The zero-order valence-corrected chi connectivity index (χ0v) is 13.9. The van der Waals surface area contributed by atoms with E-state index in [1.54, 1.807) is 17.1 Å². The first-order chi connectivity index (χ1) is 11.0. The molecule has 0 amide bonds. The van der Waals surface area contributed by atoms with Crippen molar-refractivity contribution in [1.82, 2.24) is 19.7 Å². The Morgan fingerprint density at radius 1 is 1.35 bits per heavy atom. The van der Waals surface area contributed by atoms with Gasteiger partial charge in [-0.15, -0.1) is 5.10 Å². The van der Waals surface area contributed by atoms with E-state index >= 15 is 0 Å². The predicted octanol–water partition coefficient (Wildman–Crippen LogP) is 0.348. The minimum atomic E-state index is -3.47. The molecule has 1 aromatic heterocycles. The number of rotatable bonds is 9. The summed E-state index contributed by atoms with van der Waals surface area (Å²) in [6.07, 6.45) is 2.80. The maximum absolute atomic E-state index is 12.1. The maximum Gasteiger partial charge on any atom is 0.214 e. The normalized spacial score (nSPS) is 13.1. The molecule has 0 spiro atoms. The number of nitrogens with zero attached hydrogens (tertiary/aromatic N) is 3. The highest BCUT2D eigenvalue weighted by atomic mass is 32.2. The van der Waals surface area contributed by atoms with Crippen molar-refractivity contribution >= 4 is 10.0 Å². The van der Waals surface area contributed by atoms with Crippen LogP contribution in [-0.4, -0.2) is 56.1 Å². The molecule has 0 radical (unpaired) electrons. The number of sulfonamides is 1. The molecule has 0 saturated heterocycles. The Morgan fingerprint density at radius 3 is 2.83 bits per heavy atom. The molecule has 2 aromatic rings. The van der Waals surface area contributed by atoms with Crippen LogP contribution in [0, 0.1) is 0 Å². The highest BCUT2D eigenvalue weighted by molar-refractivity contribution is 7.89. The van der Waals surface area contributed by atoms with Gasteiger partial charge in [-0.25, -0.2) is 17.8 Å². The second-order valence-electron chi connectivity index (χ2n) is 4.93. The van der Waals surface area contributed by atoms with Gasteiger partial charge in [0.25, 0.3) is 0 Å². The summed E-state index contributed by atoms with van der Waals surface area (Å²) in [7, 11) is -0.509. The molecule has 9 heteroatoms.